The second-order valence-corrected chi connectivity index (χ2v) is 8.11. The number of fused-ring (bicyclic) bond motifs is 1. The number of aromatic nitrogens is 2. The molecule has 6 heteroatoms. The van der Waals surface area contributed by atoms with E-state index in [0.29, 0.717) is 11.1 Å². The molecular weight excluding hydrogens is 402 g/mol. The van der Waals surface area contributed by atoms with Gasteiger partial charge in [-0.25, -0.2) is 4.79 Å². The summed E-state index contributed by atoms with van der Waals surface area (Å²) in [5, 5.41) is 14.3. The van der Waals surface area contributed by atoms with Crippen LogP contribution in [-0.2, 0) is 7.05 Å². The van der Waals surface area contributed by atoms with Crippen molar-refractivity contribution in [2.45, 2.75) is 26.8 Å². The van der Waals surface area contributed by atoms with Gasteiger partial charge in [-0.1, -0.05) is 18.2 Å². The molecule has 0 aliphatic heterocycles. The number of nitrogens with one attached hydrogen (secondary N) is 1. The number of carboxylic acids is 1. The van der Waals surface area contributed by atoms with Gasteiger partial charge in [-0.15, -0.1) is 0 Å². The molecule has 162 valence electrons. The number of rotatable bonds is 5. The third-order valence-corrected chi connectivity index (χ3v) is 5.74. The lowest BCUT2D eigenvalue weighted by atomic mass is 9.96. The predicted octanol–water partition coefficient (Wildman–Crippen LogP) is 5.09. The number of pyridine rings is 2. The van der Waals surface area contributed by atoms with Crippen molar-refractivity contribution in [1.82, 2.24) is 9.55 Å². The summed E-state index contributed by atoms with van der Waals surface area (Å²) >= 11 is 0. The van der Waals surface area contributed by atoms with Crippen LogP contribution in [-0.4, -0.2) is 20.6 Å². The summed E-state index contributed by atoms with van der Waals surface area (Å²) in [6, 6.07) is 16.4. The van der Waals surface area contributed by atoms with Crippen molar-refractivity contribution in [2.75, 3.05) is 5.32 Å². The molecule has 2 N–H and O–H groups in total. The number of hydrogen-bond donors (Lipinski definition) is 2. The fraction of sp³-hybridized carbons (Fsp3) is 0.192. The number of carbonyl (C=O) groups is 1. The summed E-state index contributed by atoms with van der Waals surface area (Å²) in [6.07, 6.45) is 1.77. The highest BCUT2D eigenvalue weighted by molar-refractivity contribution is 5.94. The van der Waals surface area contributed by atoms with Crippen molar-refractivity contribution in [3.8, 4) is 11.3 Å². The van der Waals surface area contributed by atoms with Gasteiger partial charge in [0.25, 0.3) is 5.56 Å². The fourth-order valence-electron chi connectivity index (χ4n) is 4.05. The van der Waals surface area contributed by atoms with Gasteiger partial charge in [0, 0.05) is 41.6 Å². The van der Waals surface area contributed by atoms with E-state index in [1.807, 2.05) is 51.1 Å². The molecular formula is C26H25N3O3. The number of benzene rings is 2. The Labute approximate surface area is 186 Å². The van der Waals surface area contributed by atoms with Gasteiger partial charge in [0.2, 0.25) is 0 Å². The van der Waals surface area contributed by atoms with E-state index in [0.717, 1.165) is 33.5 Å². The number of nitrogens with zero attached hydrogens (tertiary/aromatic N) is 2. The van der Waals surface area contributed by atoms with Gasteiger partial charge in [-0.05, 0) is 73.7 Å². The lowest BCUT2D eigenvalue weighted by Gasteiger charge is -2.21. The number of aromatic carboxylic acids is 1. The van der Waals surface area contributed by atoms with E-state index < -0.39 is 5.97 Å². The zero-order valence-electron chi connectivity index (χ0n) is 18.5. The third kappa shape index (κ3) is 3.87. The lowest BCUT2D eigenvalue weighted by Crippen LogP contribution is -2.20. The van der Waals surface area contributed by atoms with E-state index in [-0.39, 0.29) is 17.2 Å². The van der Waals surface area contributed by atoms with E-state index in [9.17, 15) is 14.7 Å². The highest BCUT2D eigenvalue weighted by Crippen LogP contribution is 2.31. The zero-order chi connectivity index (χ0) is 23.0. The van der Waals surface area contributed by atoms with Gasteiger partial charge in [0.1, 0.15) is 0 Å². The zero-order valence-corrected chi connectivity index (χ0v) is 18.5. The Morgan fingerprint density at radius 2 is 1.81 bits per heavy atom. The molecule has 0 aliphatic rings. The molecule has 4 rings (SSSR count). The SMILES string of the molecule is Cc1cc(C(C)Nc2ccccc2C(=O)O)c2cc(-c3ccc(C)nc3)n(C)c(=O)c2c1. The summed E-state index contributed by atoms with van der Waals surface area (Å²) in [6.45, 7) is 5.85. The standard InChI is InChI=1S/C26H25N3O3/c1-15-11-20(17(3)28-23-8-6-5-7-19(23)26(31)32)21-13-24(18-10-9-16(2)27-14-18)29(4)25(30)22(21)12-15/h5-14,17,28H,1-4H3,(H,31,32). The highest BCUT2D eigenvalue weighted by atomic mass is 16.4. The summed E-state index contributed by atoms with van der Waals surface area (Å²) in [5.74, 6) is -0.988. The molecule has 1 unspecified atom stereocenters. The normalized spacial score (nSPS) is 12.0. The van der Waals surface area contributed by atoms with E-state index >= 15 is 0 Å². The first-order chi connectivity index (χ1) is 15.3. The Balaban J connectivity index is 1.89. The Hall–Kier alpha value is -3.93. The quantitative estimate of drug-likeness (QED) is 0.464. The Kier molecular flexibility index (Phi) is 5.53. The number of anilines is 1. The van der Waals surface area contributed by atoms with Crippen molar-refractivity contribution in [3.63, 3.8) is 0 Å². The monoisotopic (exact) mass is 427 g/mol. The minimum Gasteiger partial charge on any atom is -0.478 e. The molecule has 0 saturated carbocycles. The highest BCUT2D eigenvalue weighted by Gasteiger charge is 2.18. The molecule has 6 nitrogen and oxygen atoms in total. The van der Waals surface area contributed by atoms with E-state index in [1.165, 1.54) is 0 Å². The molecule has 0 spiro atoms. The maximum absolute atomic E-state index is 13.3. The topological polar surface area (TPSA) is 84.2 Å². The molecule has 0 fully saturated rings. The molecule has 0 saturated heterocycles. The predicted molar refractivity (Wildman–Crippen MR) is 127 cm³/mol. The maximum atomic E-state index is 13.3. The van der Waals surface area contributed by atoms with Gasteiger partial charge in [-0.3, -0.25) is 9.78 Å². The van der Waals surface area contributed by atoms with Crippen LogP contribution in [0.2, 0.25) is 0 Å². The number of carboxylic acid groups (broad SMARTS) is 1. The average Bonchev–Trinajstić information content (AvgIpc) is 2.77. The maximum Gasteiger partial charge on any atom is 0.337 e. The lowest BCUT2D eigenvalue weighted by molar-refractivity contribution is 0.0698. The fourth-order valence-corrected chi connectivity index (χ4v) is 4.05. The van der Waals surface area contributed by atoms with Crippen LogP contribution in [0.5, 0.6) is 0 Å². The number of hydrogen-bond acceptors (Lipinski definition) is 4. The summed E-state index contributed by atoms with van der Waals surface area (Å²) < 4.78 is 1.65. The minimum atomic E-state index is -0.988. The van der Waals surface area contributed by atoms with Crippen LogP contribution in [0.4, 0.5) is 5.69 Å². The first-order valence-corrected chi connectivity index (χ1v) is 10.4. The van der Waals surface area contributed by atoms with Gasteiger partial charge in [-0.2, -0.15) is 0 Å². The van der Waals surface area contributed by atoms with Crippen LogP contribution in [0.25, 0.3) is 22.0 Å². The van der Waals surface area contributed by atoms with Gasteiger partial charge in [0.05, 0.1) is 11.3 Å². The second-order valence-electron chi connectivity index (χ2n) is 8.11. The number of para-hydroxylation sites is 1. The Morgan fingerprint density at radius 3 is 2.50 bits per heavy atom. The van der Waals surface area contributed by atoms with Crippen molar-refractivity contribution in [2.24, 2.45) is 7.05 Å². The second kappa shape index (κ2) is 8.30. The van der Waals surface area contributed by atoms with Crippen LogP contribution in [0.15, 0.2) is 65.6 Å². The van der Waals surface area contributed by atoms with Crippen LogP contribution in [0.1, 0.15) is 40.1 Å². The first kappa shape index (κ1) is 21.3. The molecule has 4 aromatic rings. The van der Waals surface area contributed by atoms with Crippen molar-refractivity contribution in [1.29, 1.82) is 0 Å². The molecule has 2 aromatic heterocycles. The van der Waals surface area contributed by atoms with Gasteiger partial charge < -0.3 is 15.0 Å². The van der Waals surface area contributed by atoms with Gasteiger partial charge in [0.15, 0.2) is 0 Å². The molecule has 0 amide bonds. The van der Waals surface area contributed by atoms with Crippen molar-refractivity contribution < 1.29 is 9.90 Å². The minimum absolute atomic E-state index is 0.0823. The van der Waals surface area contributed by atoms with Gasteiger partial charge >= 0.3 is 5.97 Å². The van der Waals surface area contributed by atoms with Crippen LogP contribution < -0.4 is 10.9 Å². The van der Waals surface area contributed by atoms with Crippen molar-refractivity contribution in [3.05, 3.63) is 93.5 Å². The number of aryl methyl sites for hydroxylation is 2. The smallest absolute Gasteiger partial charge is 0.337 e. The van der Waals surface area contributed by atoms with Crippen LogP contribution >= 0.6 is 0 Å². The summed E-state index contributed by atoms with van der Waals surface area (Å²) in [4.78, 5) is 29.3. The molecule has 0 radical (unpaired) electrons. The molecule has 2 heterocycles. The van der Waals surface area contributed by atoms with Crippen LogP contribution in [0.3, 0.4) is 0 Å². The Morgan fingerprint density at radius 1 is 1.06 bits per heavy atom. The van der Waals surface area contributed by atoms with E-state index in [4.69, 9.17) is 0 Å². The van der Waals surface area contributed by atoms with E-state index in [1.54, 1.807) is 42.1 Å². The third-order valence-electron chi connectivity index (χ3n) is 5.74. The Bertz CT molecular complexity index is 1390. The largest absolute Gasteiger partial charge is 0.478 e. The average molecular weight is 428 g/mol. The van der Waals surface area contributed by atoms with Crippen molar-refractivity contribution >= 4 is 22.4 Å². The van der Waals surface area contributed by atoms with Crippen LogP contribution in [0, 0.1) is 13.8 Å². The summed E-state index contributed by atoms with van der Waals surface area (Å²) in [7, 11) is 1.77. The first-order valence-electron chi connectivity index (χ1n) is 10.4. The molecule has 0 bridgehead atoms. The molecule has 2 aromatic carbocycles. The van der Waals surface area contributed by atoms with E-state index in [2.05, 4.69) is 10.3 Å². The summed E-state index contributed by atoms with van der Waals surface area (Å²) in [5.41, 5.74) is 5.10. The molecule has 32 heavy (non-hydrogen) atoms. The molecule has 1 atom stereocenters. The molecule has 0 aliphatic carbocycles.